The van der Waals surface area contributed by atoms with Crippen molar-refractivity contribution >= 4 is 17.5 Å². The highest BCUT2D eigenvalue weighted by molar-refractivity contribution is 5.93. The quantitative estimate of drug-likeness (QED) is 0.337. The van der Waals surface area contributed by atoms with Crippen LogP contribution < -0.4 is 5.32 Å². The van der Waals surface area contributed by atoms with Crippen LogP contribution in [-0.4, -0.2) is 31.7 Å². The maximum Gasteiger partial charge on any atom is 0.270 e. The summed E-state index contributed by atoms with van der Waals surface area (Å²) in [6.45, 7) is 0.509. The highest BCUT2D eigenvalue weighted by Crippen LogP contribution is 2.28. The average molecular weight is 481 g/mol. The van der Waals surface area contributed by atoms with Crippen LogP contribution in [0.3, 0.4) is 0 Å². The lowest BCUT2D eigenvalue weighted by Crippen LogP contribution is -2.36. The fourth-order valence-electron chi connectivity index (χ4n) is 3.74. The third-order valence-electron chi connectivity index (χ3n) is 5.50. The van der Waals surface area contributed by atoms with Crippen molar-refractivity contribution in [3.63, 3.8) is 0 Å². The minimum Gasteiger partial charge on any atom is -0.343 e. The number of pyridine rings is 3. The van der Waals surface area contributed by atoms with Crippen molar-refractivity contribution in [3.8, 4) is 0 Å². The van der Waals surface area contributed by atoms with E-state index in [-0.39, 0.29) is 36.8 Å². The van der Waals surface area contributed by atoms with Crippen molar-refractivity contribution < 1.29 is 9.59 Å². The van der Waals surface area contributed by atoms with E-state index in [0.717, 1.165) is 0 Å². The zero-order valence-corrected chi connectivity index (χ0v) is 19.4. The summed E-state index contributed by atoms with van der Waals surface area (Å²) in [5, 5.41) is 5.96. The molecule has 4 rings (SSSR count). The average Bonchev–Trinajstić information content (AvgIpc) is 2.94. The van der Waals surface area contributed by atoms with Gasteiger partial charge in [-0.15, -0.1) is 4.91 Å². The number of carbonyl (C=O) groups excluding carboxylic acids is 2. The van der Waals surface area contributed by atoms with E-state index in [4.69, 9.17) is 0 Å². The second-order valence-electron chi connectivity index (χ2n) is 7.99. The van der Waals surface area contributed by atoms with E-state index < -0.39 is 11.9 Å². The summed E-state index contributed by atoms with van der Waals surface area (Å²) in [6.07, 6.45) is 4.74. The third kappa shape index (κ3) is 6.41. The van der Waals surface area contributed by atoms with Gasteiger partial charge in [0.2, 0.25) is 5.91 Å². The van der Waals surface area contributed by atoms with Crippen LogP contribution in [0.25, 0.3) is 0 Å². The Hall–Kier alpha value is -4.79. The molecule has 9 heteroatoms. The fraction of sp³-hybridized carbons (Fsp3) is 0.148. The maximum absolute atomic E-state index is 13.6. The Kier molecular flexibility index (Phi) is 8.16. The van der Waals surface area contributed by atoms with E-state index in [2.05, 4.69) is 25.4 Å². The summed E-state index contributed by atoms with van der Waals surface area (Å²) in [5.41, 5.74) is 2.22. The number of nitrogens with one attached hydrogen (secondary N) is 1. The van der Waals surface area contributed by atoms with Gasteiger partial charge in [0.25, 0.3) is 5.91 Å². The van der Waals surface area contributed by atoms with Crippen LogP contribution in [0.5, 0.6) is 0 Å². The SMILES string of the molecule is O=Nc1ccccc1C(CC(=O)N(Cc1ccccn1)Cc1ccccn1)NC(=O)c1ccccn1. The van der Waals surface area contributed by atoms with Crippen molar-refractivity contribution in [3.05, 3.63) is 125 Å². The van der Waals surface area contributed by atoms with Gasteiger partial charge in [-0.1, -0.05) is 36.4 Å². The van der Waals surface area contributed by atoms with Crippen LogP contribution in [0.15, 0.2) is 103 Å². The molecule has 1 aromatic carbocycles. The Balaban J connectivity index is 1.62. The van der Waals surface area contributed by atoms with Crippen LogP contribution >= 0.6 is 0 Å². The Morgan fingerprint density at radius 2 is 1.36 bits per heavy atom. The number of carbonyl (C=O) groups is 2. The molecule has 4 aromatic rings. The van der Waals surface area contributed by atoms with Crippen LogP contribution in [0.2, 0.25) is 0 Å². The molecule has 2 amide bonds. The molecule has 180 valence electrons. The lowest BCUT2D eigenvalue weighted by atomic mass is 10.0. The molecule has 3 aromatic heterocycles. The van der Waals surface area contributed by atoms with Crippen molar-refractivity contribution in [1.82, 2.24) is 25.2 Å². The number of nitrogens with zero attached hydrogens (tertiary/aromatic N) is 5. The van der Waals surface area contributed by atoms with Gasteiger partial charge in [-0.3, -0.25) is 24.5 Å². The Bertz CT molecular complexity index is 1260. The number of amides is 2. The molecule has 0 aliphatic rings. The molecule has 0 bridgehead atoms. The first-order valence-electron chi connectivity index (χ1n) is 11.4. The van der Waals surface area contributed by atoms with Gasteiger partial charge in [-0.2, -0.15) is 0 Å². The molecule has 0 saturated carbocycles. The minimum atomic E-state index is -0.809. The molecular weight excluding hydrogens is 456 g/mol. The van der Waals surface area contributed by atoms with Gasteiger partial charge < -0.3 is 10.2 Å². The topological polar surface area (TPSA) is 118 Å². The highest BCUT2D eigenvalue weighted by atomic mass is 16.3. The Morgan fingerprint density at radius 3 is 1.92 bits per heavy atom. The smallest absolute Gasteiger partial charge is 0.270 e. The minimum absolute atomic E-state index is 0.106. The Labute approximate surface area is 208 Å². The van der Waals surface area contributed by atoms with Crippen LogP contribution in [0.4, 0.5) is 5.69 Å². The lowest BCUT2D eigenvalue weighted by molar-refractivity contribution is -0.133. The second-order valence-corrected chi connectivity index (χ2v) is 7.99. The molecule has 1 N–H and O–H groups in total. The number of hydrogen-bond acceptors (Lipinski definition) is 7. The van der Waals surface area contributed by atoms with Gasteiger partial charge in [-0.25, -0.2) is 0 Å². The molecular formula is C27H24N6O3. The van der Waals surface area contributed by atoms with Crippen molar-refractivity contribution in [1.29, 1.82) is 0 Å². The van der Waals surface area contributed by atoms with Crippen LogP contribution in [0.1, 0.15) is 39.9 Å². The van der Waals surface area contributed by atoms with Crippen molar-refractivity contribution in [2.75, 3.05) is 0 Å². The van der Waals surface area contributed by atoms with Gasteiger partial charge in [0.05, 0.1) is 36.9 Å². The second kappa shape index (κ2) is 12.1. The molecule has 0 fully saturated rings. The van der Waals surface area contributed by atoms with Gasteiger partial charge >= 0.3 is 0 Å². The summed E-state index contributed by atoms with van der Waals surface area (Å²) >= 11 is 0. The van der Waals surface area contributed by atoms with E-state index in [1.165, 1.54) is 6.20 Å². The predicted octanol–water partition coefficient (Wildman–Crippen LogP) is 4.36. The fourth-order valence-corrected chi connectivity index (χ4v) is 3.74. The first kappa shape index (κ1) is 24.3. The first-order chi connectivity index (χ1) is 17.6. The number of benzene rings is 1. The van der Waals surface area contributed by atoms with Crippen molar-refractivity contribution in [2.45, 2.75) is 25.6 Å². The number of aromatic nitrogens is 3. The maximum atomic E-state index is 13.6. The molecule has 3 heterocycles. The normalized spacial score (nSPS) is 11.3. The van der Waals surface area contributed by atoms with E-state index >= 15 is 0 Å². The molecule has 1 atom stereocenters. The number of hydrogen-bond donors (Lipinski definition) is 1. The highest BCUT2D eigenvalue weighted by Gasteiger charge is 2.26. The molecule has 0 aliphatic heterocycles. The molecule has 0 saturated heterocycles. The predicted molar refractivity (Wildman–Crippen MR) is 134 cm³/mol. The summed E-state index contributed by atoms with van der Waals surface area (Å²) in [4.78, 5) is 52.5. The van der Waals surface area contributed by atoms with Gasteiger partial charge in [0, 0.05) is 24.2 Å². The van der Waals surface area contributed by atoms with Crippen LogP contribution in [-0.2, 0) is 17.9 Å². The summed E-state index contributed by atoms with van der Waals surface area (Å²) in [5.74, 6) is -0.714. The first-order valence-corrected chi connectivity index (χ1v) is 11.4. The third-order valence-corrected chi connectivity index (χ3v) is 5.50. The van der Waals surface area contributed by atoms with Gasteiger partial charge in [0.15, 0.2) is 0 Å². The van der Waals surface area contributed by atoms with Crippen molar-refractivity contribution in [2.24, 2.45) is 5.18 Å². The summed E-state index contributed by atoms with van der Waals surface area (Å²) in [7, 11) is 0. The molecule has 0 radical (unpaired) electrons. The van der Waals surface area contributed by atoms with Gasteiger partial charge in [0.1, 0.15) is 11.4 Å². The summed E-state index contributed by atoms with van der Waals surface area (Å²) in [6, 6.07) is 21.8. The van der Waals surface area contributed by atoms with E-state index in [1.807, 2.05) is 24.3 Å². The molecule has 36 heavy (non-hydrogen) atoms. The molecule has 0 aliphatic carbocycles. The van der Waals surface area contributed by atoms with E-state index in [9.17, 15) is 14.5 Å². The zero-order chi connectivity index (χ0) is 25.2. The molecule has 0 spiro atoms. The largest absolute Gasteiger partial charge is 0.343 e. The van der Waals surface area contributed by atoms with Gasteiger partial charge in [-0.05, 0) is 47.6 Å². The molecule has 9 nitrogen and oxygen atoms in total. The van der Waals surface area contributed by atoms with Crippen LogP contribution in [0, 0.1) is 4.91 Å². The lowest BCUT2D eigenvalue weighted by Gasteiger charge is -2.26. The Morgan fingerprint density at radius 1 is 0.778 bits per heavy atom. The monoisotopic (exact) mass is 480 g/mol. The number of nitroso groups, excluding NO2 is 1. The van der Waals surface area contributed by atoms with E-state index in [1.54, 1.807) is 71.9 Å². The zero-order valence-electron chi connectivity index (χ0n) is 19.4. The molecule has 1 unspecified atom stereocenters. The van der Waals surface area contributed by atoms with E-state index in [0.29, 0.717) is 17.0 Å². The number of rotatable bonds is 10. The standard InChI is InChI=1S/C27H24N6O3/c34-26(33(18-20-9-3-6-14-28-20)19-21-10-4-7-15-29-21)17-25(22-11-1-2-12-23(22)32-36)31-27(35)24-13-5-8-16-30-24/h1-16,25H,17-19H2,(H,31,35). The summed E-state index contributed by atoms with van der Waals surface area (Å²) < 4.78 is 0.